The van der Waals surface area contributed by atoms with E-state index in [-0.39, 0.29) is 40.9 Å². The van der Waals surface area contributed by atoms with Crippen molar-refractivity contribution in [3.63, 3.8) is 0 Å². The number of benzene rings is 1. The molecule has 1 aliphatic heterocycles. The highest BCUT2D eigenvalue weighted by Crippen LogP contribution is 2.44. The number of halogens is 4. The normalized spacial score (nSPS) is 19.1. The molecule has 1 aromatic heterocycles. The molecule has 33 heavy (non-hydrogen) atoms. The topological polar surface area (TPSA) is 151 Å². The van der Waals surface area contributed by atoms with Crippen molar-refractivity contribution in [1.82, 2.24) is 4.98 Å². The van der Waals surface area contributed by atoms with Gasteiger partial charge in [0.15, 0.2) is 5.54 Å². The number of nitrogens with zero attached hydrogens (tertiary/aromatic N) is 3. The lowest BCUT2D eigenvalue weighted by atomic mass is 9.85. The molecule has 1 atom stereocenters. The number of pyridine rings is 1. The van der Waals surface area contributed by atoms with Gasteiger partial charge in [0, 0.05) is 17.4 Å². The summed E-state index contributed by atoms with van der Waals surface area (Å²) in [5.41, 5.74) is 2.75. The molecule has 2 aromatic rings. The number of rotatable bonds is 3. The monoisotopic (exact) mass is 483 g/mol. The fourth-order valence-electron chi connectivity index (χ4n) is 2.92. The number of alkyl halides is 2. The molecular formula is C20H17ClF3N5O4. The van der Waals surface area contributed by atoms with Gasteiger partial charge in [0.25, 0.3) is 18.3 Å². The van der Waals surface area contributed by atoms with Crippen molar-refractivity contribution in [3.8, 4) is 6.07 Å². The molecule has 0 fully saturated rings. The lowest BCUT2D eigenvalue weighted by Crippen LogP contribution is -2.45. The van der Waals surface area contributed by atoms with Crippen LogP contribution in [0.1, 0.15) is 28.5 Å². The zero-order chi connectivity index (χ0) is 24.8. The van der Waals surface area contributed by atoms with Crippen LogP contribution in [-0.4, -0.2) is 47.4 Å². The van der Waals surface area contributed by atoms with Crippen LogP contribution in [0.3, 0.4) is 0 Å². The summed E-state index contributed by atoms with van der Waals surface area (Å²) >= 11 is 5.96. The Labute approximate surface area is 190 Å². The molecule has 0 saturated heterocycles. The van der Waals surface area contributed by atoms with Crippen molar-refractivity contribution in [2.24, 2.45) is 10.7 Å². The summed E-state index contributed by atoms with van der Waals surface area (Å²) in [7, 11) is 0. The molecule has 4 N–H and O–H groups in total. The van der Waals surface area contributed by atoms with Gasteiger partial charge in [-0.3, -0.25) is 14.6 Å². The smallest absolute Gasteiger partial charge is 0.299 e. The predicted molar refractivity (Wildman–Crippen MR) is 112 cm³/mol. The van der Waals surface area contributed by atoms with Gasteiger partial charge >= 0.3 is 0 Å². The predicted octanol–water partition coefficient (Wildman–Crippen LogP) is 2.94. The minimum atomic E-state index is -3.57. The fourth-order valence-corrected chi connectivity index (χ4v) is 3.17. The number of nitriles is 1. The molecule has 0 bridgehead atoms. The number of nitrogens with one attached hydrogen (secondary N) is 1. The van der Waals surface area contributed by atoms with Crippen molar-refractivity contribution in [3.05, 3.63) is 58.1 Å². The van der Waals surface area contributed by atoms with Crippen LogP contribution in [0.4, 0.5) is 18.9 Å². The quantitative estimate of drug-likeness (QED) is 0.568. The molecule has 0 radical (unpaired) electrons. The van der Waals surface area contributed by atoms with Gasteiger partial charge in [-0.05, 0) is 31.2 Å². The number of aromatic nitrogens is 1. The first-order chi connectivity index (χ1) is 15.5. The van der Waals surface area contributed by atoms with Gasteiger partial charge < -0.3 is 20.9 Å². The number of carbonyl (C=O) groups is 2. The Bertz CT molecular complexity index is 1140. The number of nitrogens with two attached hydrogens (primary N) is 1. The number of ether oxygens (including phenoxy) is 1. The van der Waals surface area contributed by atoms with E-state index in [1.165, 1.54) is 12.1 Å². The molecule has 1 unspecified atom stereocenters. The van der Waals surface area contributed by atoms with E-state index in [2.05, 4.69) is 15.3 Å². The van der Waals surface area contributed by atoms with E-state index in [9.17, 15) is 18.0 Å². The van der Waals surface area contributed by atoms with Crippen LogP contribution in [0.2, 0.25) is 5.02 Å². The van der Waals surface area contributed by atoms with Crippen molar-refractivity contribution in [2.45, 2.75) is 18.4 Å². The largest absolute Gasteiger partial charge is 0.483 e. The van der Waals surface area contributed by atoms with E-state index in [4.69, 9.17) is 37.2 Å². The van der Waals surface area contributed by atoms with Crippen LogP contribution in [0, 0.1) is 17.1 Å². The van der Waals surface area contributed by atoms with Crippen molar-refractivity contribution < 1.29 is 32.6 Å². The second-order valence-corrected chi connectivity index (χ2v) is 7.20. The average Bonchev–Trinajstić information content (AvgIpc) is 2.84. The second-order valence-electron chi connectivity index (χ2n) is 6.79. The maximum atomic E-state index is 14.7. The summed E-state index contributed by atoms with van der Waals surface area (Å²) in [5, 5.41) is 18.1. The first kappa shape index (κ1) is 25.6. The highest BCUT2D eigenvalue weighted by molar-refractivity contribution is 6.34. The number of amidine groups is 1. The van der Waals surface area contributed by atoms with E-state index >= 15 is 0 Å². The Morgan fingerprint density at radius 3 is 2.70 bits per heavy atom. The van der Waals surface area contributed by atoms with Crippen LogP contribution >= 0.6 is 11.6 Å². The van der Waals surface area contributed by atoms with E-state index in [1.54, 1.807) is 0 Å². The lowest BCUT2D eigenvalue weighted by molar-refractivity contribution is -0.122. The summed E-state index contributed by atoms with van der Waals surface area (Å²) in [5.74, 6) is -5.51. The average molecular weight is 484 g/mol. The zero-order valence-corrected chi connectivity index (χ0v) is 17.7. The van der Waals surface area contributed by atoms with Gasteiger partial charge in [0.05, 0.1) is 10.6 Å². The number of anilines is 1. The highest BCUT2D eigenvalue weighted by Gasteiger charge is 2.54. The molecule has 1 aliphatic rings. The minimum absolute atomic E-state index is 0.00888. The molecule has 1 aromatic carbocycles. The summed E-state index contributed by atoms with van der Waals surface area (Å²) < 4.78 is 48.8. The van der Waals surface area contributed by atoms with Gasteiger partial charge in [0.1, 0.15) is 36.6 Å². The van der Waals surface area contributed by atoms with E-state index in [0.29, 0.717) is 0 Å². The molecule has 0 aliphatic carbocycles. The maximum absolute atomic E-state index is 14.7. The zero-order valence-electron chi connectivity index (χ0n) is 17.0. The van der Waals surface area contributed by atoms with Crippen molar-refractivity contribution in [2.75, 3.05) is 18.5 Å². The molecule has 3 rings (SSSR count). The SMILES string of the molecule is CC1(c2cc(NC(=O)c3ncc(C#N)cc3Cl)ccc2F)N=C(N)COCC1(F)F.O=CO. The molecule has 9 nitrogen and oxygen atoms in total. The van der Waals surface area contributed by atoms with Gasteiger partial charge in [-0.2, -0.15) is 5.26 Å². The number of aliphatic imine (C=N–C) groups is 1. The highest BCUT2D eigenvalue weighted by atomic mass is 35.5. The Morgan fingerprint density at radius 1 is 1.42 bits per heavy atom. The molecular weight excluding hydrogens is 467 g/mol. The van der Waals surface area contributed by atoms with E-state index < -0.39 is 35.4 Å². The van der Waals surface area contributed by atoms with E-state index in [0.717, 1.165) is 25.3 Å². The van der Waals surface area contributed by atoms with Crippen LogP contribution < -0.4 is 11.1 Å². The molecule has 1 amide bonds. The van der Waals surface area contributed by atoms with Crippen molar-refractivity contribution in [1.29, 1.82) is 5.26 Å². The standard InChI is InChI=1S/C19H15ClF3N5O2.CH2O2/c1-18(19(22,23)9-30-8-15(25)28-18)12-5-11(2-3-14(12)21)27-17(29)16-13(20)4-10(6-24)7-26-16;2-1-3/h2-5,7H,8-9H2,1H3,(H2,25,28)(H,27,29);1H,(H,2,3). The first-order valence-electron chi connectivity index (χ1n) is 9.03. The van der Waals surface area contributed by atoms with Gasteiger partial charge in [0.2, 0.25) is 0 Å². The Kier molecular flexibility index (Phi) is 7.97. The third kappa shape index (κ3) is 5.57. The number of carbonyl (C=O) groups excluding carboxylic acids is 1. The minimum Gasteiger partial charge on any atom is -0.483 e. The van der Waals surface area contributed by atoms with Crippen LogP contribution in [0.5, 0.6) is 0 Å². The summed E-state index contributed by atoms with van der Waals surface area (Å²) in [6.07, 6.45) is 1.15. The number of hydrogen-bond acceptors (Lipinski definition) is 7. The number of hydrogen-bond donors (Lipinski definition) is 3. The maximum Gasteiger partial charge on any atom is 0.299 e. The van der Waals surface area contributed by atoms with Gasteiger partial charge in [-0.1, -0.05) is 11.6 Å². The van der Waals surface area contributed by atoms with Crippen LogP contribution in [0.15, 0.2) is 35.5 Å². The van der Waals surface area contributed by atoms with E-state index in [1.807, 2.05) is 6.07 Å². The van der Waals surface area contributed by atoms with Gasteiger partial charge in [-0.15, -0.1) is 0 Å². The van der Waals surface area contributed by atoms with Gasteiger partial charge in [-0.25, -0.2) is 18.2 Å². The number of carboxylic acid groups (broad SMARTS) is 1. The summed E-state index contributed by atoms with van der Waals surface area (Å²) in [6.45, 7) is -0.530. The first-order valence-corrected chi connectivity index (χ1v) is 9.41. The molecule has 0 spiro atoms. The van der Waals surface area contributed by atoms with Crippen molar-refractivity contribution >= 4 is 35.5 Å². The molecule has 174 valence electrons. The third-order valence-electron chi connectivity index (χ3n) is 4.55. The molecule has 13 heteroatoms. The third-order valence-corrected chi connectivity index (χ3v) is 4.83. The van der Waals surface area contributed by atoms with Crippen LogP contribution in [0.25, 0.3) is 0 Å². The summed E-state index contributed by atoms with van der Waals surface area (Å²) in [6, 6.07) is 6.25. The lowest BCUT2D eigenvalue weighted by Gasteiger charge is -2.33. The Hall–Kier alpha value is -3.69. The molecule has 2 heterocycles. The Balaban J connectivity index is 0.00000122. The summed E-state index contributed by atoms with van der Waals surface area (Å²) in [4.78, 5) is 28.5. The Morgan fingerprint density at radius 2 is 2.09 bits per heavy atom. The second kappa shape index (κ2) is 10.3. The number of amides is 1. The molecule has 0 saturated carbocycles. The van der Waals surface area contributed by atoms with Crippen LogP contribution in [-0.2, 0) is 15.1 Å². The fraction of sp³-hybridized carbons (Fsp3) is 0.250.